The maximum atomic E-state index is 13.1. The van der Waals surface area contributed by atoms with Crippen LogP contribution in [0.2, 0.25) is 0 Å². The van der Waals surface area contributed by atoms with E-state index in [0.29, 0.717) is 26.2 Å². The second-order valence-corrected chi connectivity index (χ2v) is 9.74. The maximum Gasteiger partial charge on any atom is 0.247 e. The number of nitrogens with one attached hydrogen (secondary N) is 1. The monoisotopic (exact) mass is 604 g/mol. The molecule has 0 bridgehead atoms. The molecule has 0 radical (unpaired) electrons. The second kappa shape index (κ2) is 12.9. The van der Waals surface area contributed by atoms with Crippen LogP contribution in [-0.2, 0) is 20.9 Å². The van der Waals surface area contributed by atoms with Crippen molar-refractivity contribution in [2.24, 2.45) is 5.92 Å². The average molecular weight is 604 g/mol. The lowest BCUT2D eigenvalue weighted by molar-refractivity contribution is -0.140. The molecule has 3 unspecified atom stereocenters. The van der Waals surface area contributed by atoms with Crippen LogP contribution >= 0.6 is 22.6 Å². The first-order valence-corrected chi connectivity index (χ1v) is 12.6. The number of halogens is 1. The molecule has 0 aliphatic heterocycles. The summed E-state index contributed by atoms with van der Waals surface area (Å²) in [5.41, 5.74) is 0.992. The minimum Gasteiger partial charge on any atom is -0.493 e. The van der Waals surface area contributed by atoms with E-state index in [2.05, 4.69) is 27.9 Å². The summed E-state index contributed by atoms with van der Waals surface area (Å²) in [6.07, 6.45) is 1.22. The first-order chi connectivity index (χ1) is 16.8. The highest BCUT2D eigenvalue weighted by Crippen LogP contribution is 2.38. The lowest BCUT2D eigenvalue weighted by Crippen LogP contribution is -2.56. The standard InChI is InChI=1S/C24H33IN2O8/c1-33-8-6-27(24(32)15-3-4-15)18-11-16(23(31)26-5-7-28)12-19(21(18)30)35-22-17(25)9-14(13-29)10-20(22)34-2/h9-10,12,15,18-19,21,28-30H,3-8,11,13H2,1-2H3,(H,26,31). The third-order valence-electron chi connectivity index (χ3n) is 6.09. The Morgan fingerprint density at radius 3 is 2.57 bits per heavy atom. The largest absolute Gasteiger partial charge is 0.493 e. The summed E-state index contributed by atoms with van der Waals surface area (Å²) in [7, 11) is 3.02. The van der Waals surface area contributed by atoms with E-state index >= 15 is 0 Å². The van der Waals surface area contributed by atoms with E-state index in [4.69, 9.17) is 19.3 Å². The van der Waals surface area contributed by atoms with Crippen molar-refractivity contribution in [2.75, 3.05) is 40.5 Å². The highest BCUT2D eigenvalue weighted by molar-refractivity contribution is 14.1. The molecule has 0 heterocycles. The van der Waals surface area contributed by atoms with Gasteiger partial charge in [0, 0.05) is 38.1 Å². The minimum absolute atomic E-state index is 0.0682. The number of ether oxygens (including phenoxy) is 3. The molecule has 35 heavy (non-hydrogen) atoms. The fourth-order valence-corrected chi connectivity index (χ4v) is 4.88. The normalized spacial score (nSPS) is 21.8. The van der Waals surface area contributed by atoms with Crippen LogP contribution in [0.1, 0.15) is 24.8 Å². The summed E-state index contributed by atoms with van der Waals surface area (Å²) in [5, 5.41) is 32.6. The van der Waals surface area contributed by atoms with Gasteiger partial charge in [-0.25, -0.2) is 0 Å². The summed E-state index contributed by atoms with van der Waals surface area (Å²) >= 11 is 2.06. The van der Waals surface area contributed by atoms with Crippen molar-refractivity contribution in [2.45, 2.75) is 44.1 Å². The van der Waals surface area contributed by atoms with Crippen LogP contribution in [0, 0.1) is 9.49 Å². The van der Waals surface area contributed by atoms with Crippen molar-refractivity contribution in [3.63, 3.8) is 0 Å². The van der Waals surface area contributed by atoms with Crippen molar-refractivity contribution < 1.29 is 39.1 Å². The Kier molecular flexibility index (Phi) is 10.2. The van der Waals surface area contributed by atoms with Gasteiger partial charge in [-0.05, 0) is 59.2 Å². The molecular weight excluding hydrogens is 571 g/mol. The Labute approximate surface area is 218 Å². The highest BCUT2D eigenvalue weighted by Gasteiger charge is 2.44. The fraction of sp³-hybridized carbons (Fsp3) is 0.583. The number of aliphatic hydroxyl groups is 3. The van der Waals surface area contributed by atoms with Gasteiger partial charge < -0.3 is 39.7 Å². The van der Waals surface area contributed by atoms with Crippen LogP contribution in [0.25, 0.3) is 0 Å². The Morgan fingerprint density at radius 1 is 1.23 bits per heavy atom. The van der Waals surface area contributed by atoms with Crippen molar-refractivity contribution in [1.82, 2.24) is 10.2 Å². The predicted octanol–water partition coefficient (Wildman–Crippen LogP) is 0.593. The average Bonchev–Trinajstić information content (AvgIpc) is 3.70. The molecule has 2 aliphatic rings. The number of carbonyl (C=O) groups is 2. The molecule has 4 N–H and O–H groups in total. The lowest BCUT2D eigenvalue weighted by Gasteiger charge is -2.40. The quantitative estimate of drug-likeness (QED) is 0.255. The molecule has 0 spiro atoms. The van der Waals surface area contributed by atoms with Crippen molar-refractivity contribution in [3.8, 4) is 11.5 Å². The van der Waals surface area contributed by atoms with E-state index in [1.54, 1.807) is 30.2 Å². The first-order valence-electron chi connectivity index (χ1n) is 11.6. The van der Waals surface area contributed by atoms with Gasteiger partial charge in [0.2, 0.25) is 11.8 Å². The molecule has 2 aliphatic carbocycles. The zero-order valence-electron chi connectivity index (χ0n) is 19.9. The van der Waals surface area contributed by atoms with E-state index in [9.17, 15) is 19.8 Å². The minimum atomic E-state index is -1.12. The van der Waals surface area contributed by atoms with Crippen LogP contribution in [0.4, 0.5) is 0 Å². The van der Waals surface area contributed by atoms with E-state index < -0.39 is 24.2 Å². The van der Waals surface area contributed by atoms with Crippen molar-refractivity contribution >= 4 is 34.4 Å². The van der Waals surface area contributed by atoms with E-state index in [1.807, 2.05) is 0 Å². The summed E-state index contributed by atoms with van der Waals surface area (Å²) in [5.74, 6) is 0.190. The number of methoxy groups -OCH3 is 2. The summed E-state index contributed by atoms with van der Waals surface area (Å²) in [6.45, 7) is 0.262. The van der Waals surface area contributed by atoms with Gasteiger partial charge in [0.1, 0.15) is 12.2 Å². The SMILES string of the molecule is COCCN(C(=O)C1CC1)C1CC(C(=O)NCCO)=CC(Oc2c(I)cc(CO)cc2OC)C1O. The lowest BCUT2D eigenvalue weighted by atomic mass is 9.88. The third kappa shape index (κ3) is 6.85. The van der Waals surface area contributed by atoms with Crippen molar-refractivity contribution in [1.29, 1.82) is 0 Å². The topological polar surface area (TPSA) is 138 Å². The van der Waals surface area contributed by atoms with Gasteiger partial charge >= 0.3 is 0 Å². The van der Waals surface area contributed by atoms with Crippen LogP contribution in [0.15, 0.2) is 23.8 Å². The van der Waals surface area contributed by atoms with E-state index in [-0.39, 0.29) is 51.2 Å². The van der Waals surface area contributed by atoms with Gasteiger partial charge in [-0.3, -0.25) is 9.59 Å². The van der Waals surface area contributed by atoms with Gasteiger partial charge in [0.05, 0.1) is 36.5 Å². The zero-order chi connectivity index (χ0) is 25.5. The summed E-state index contributed by atoms with van der Waals surface area (Å²) in [4.78, 5) is 27.5. The second-order valence-electron chi connectivity index (χ2n) is 8.58. The molecule has 1 fully saturated rings. The van der Waals surface area contributed by atoms with E-state index in [0.717, 1.165) is 12.8 Å². The molecule has 194 valence electrons. The number of benzene rings is 1. The molecule has 0 saturated heterocycles. The Bertz CT molecular complexity index is 936. The molecule has 10 nitrogen and oxygen atoms in total. The number of carbonyl (C=O) groups excluding carboxylic acids is 2. The predicted molar refractivity (Wildman–Crippen MR) is 135 cm³/mol. The smallest absolute Gasteiger partial charge is 0.247 e. The Balaban J connectivity index is 1.96. The number of hydrogen-bond donors (Lipinski definition) is 4. The molecule has 1 aromatic carbocycles. The van der Waals surface area contributed by atoms with Gasteiger partial charge in [0.25, 0.3) is 0 Å². The number of amides is 2. The molecule has 1 saturated carbocycles. The maximum absolute atomic E-state index is 13.1. The van der Waals surface area contributed by atoms with Gasteiger partial charge in [-0.2, -0.15) is 0 Å². The molecule has 1 aromatic rings. The molecule has 3 atom stereocenters. The Morgan fingerprint density at radius 2 is 1.97 bits per heavy atom. The van der Waals surface area contributed by atoms with Crippen LogP contribution < -0.4 is 14.8 Å². The Hall–Kier alpha value is -1.93. The van der Waals surface area contributed by atoms with Crippen LogP contribution in [0.5, 0.6) is 11.5 Å². The number of hydrogen-bond acceptors (Lipinski definition) is 8. The third-order valence-corrected chi connectivity index (χ3v) is 6.89. The highest BCUT2D eigenvalue weighted by atomic mass is 127. The first kappa shape index (κ1) is 27.7. The van der Waals surface area contributed by atoms with Crippen LogP contribution in [-0.4, -0.2) is 90.8 Å². The van der Waals surface area contributed by atoms with Gasteiger partial charge in [-0.1, -0.05) is 0 Å². The molecule has 2 amide bonds. The van der Waals surface area contributed by atoms with Gasteiger partial charge in [-0.15, -0.1) is 0 Å². The molecule has 3 rings (SSSR count). The molecule has 0 aromatic heterocycles. The summed E-state index contributed by atoms with van der Waals surface area (Å²) in [6, 6.07) is 2.68. The number of nitrogens with zero attached hydrogens (tertiary/aromatic N) is 1. The van der Waals surface area contributed by atoms with E-state index in [1.165, 1.54) is 7.11 Å². The fourth-order valence-electron chi connectivity index (χ4n) is 4.09. The zero-order valence-corrected chi connectivity index (χ0v) is 22.1. The number of rotatable bonds is 12. The van der Waals surface area contributed by atoms with Gasteiger partial charge in [0.15, 0.2) is 11.5 Å². The number of aliphatic hydroxyl groups excluding tert-OH is 3. The molecular formula is C24H33IN2O8. The van der Waals surface area contributed by atoms with Crippen molar-refractivity contribution in [3.05, 3.63) is 32.9 Å². The molecule has 11 heteroatoms. The summed E-state index contributed by atoms with van der Waals surface area (Å²) < 4.78 is 17.5. The van der Waals surface area contributed by atoms with Crippen LogP contribution in [0.3, 0.4) is 0 Å².